The lowest BCUT2D eigenvalue weighted by atomic mass is 10.2. The predicted molar refractivity (Wildman–Crippen MR) is 68.0 cm³/mol. The van der Waals surface area contributed by atoms with Crippen LogP contribution in [-0.4, -0.2) is 10.2 Å². The maximum atomic E-state index is 13.1. The number of aromatic amines is 1. The average Bonchev–Trinajstić information content (AvgIpc) is 2.77. The molecule has 3 nitrogen and oxygen atoms in total. The number of hydrogen-bond donors (Lipinski definition) is 1. The van der Waals surface area contributed by atoms with Crippen molar-refractivity contribution in [3.05, 3.63) is 46.8 Å². The molecule has 0 unspecified atom stereocenters. The van der Waals surface area contributed by atoms with Crippen LogP contribution in [-0.2, 0) is 19.4 Å². The van der Waals surface area contributed by atoms with Gasteiger partial charge in [-0.05, 0) is 30.5 Å². The molecule has 1 aromatic heterocycles. The van der Waals surface area contributed by atoms with Gasteiger partial charge in [-0.25, -0.2) is 8.78 Å². The largest absolute Gasteiger partial charge is 0.485 e. The van der Waals surface area contributed by atoms with Crippen molar-refractivity contribution < 1.29 is 13.5 Å². The molecule has 2 rings (SSSR count). The zero-order valence-electron chi connectivity index (χ0n) is 11.0. The Hall–Kier alpha value is -1.91. The van der Waals surface area contributed by atoms with E-state index in [0.29, 0.717) is 11.3 Å². The lowest BCUT2D eigenvalue weighted by Gasteiger charge is -2.08. The summed E-state index contributed by atoms with van der Waals surface area (Å²) in [7, 11) is 0. The minimum absolute atomic E-state index is 0.119. The van der Waals surface area contributed by atoms with Gasteiger partial charge in [-0.3, -0.25) is 5.10 Å². The highest BCUT2D eigenvalue weighted by atomic mass is 19.1. The van der Waals surface area contributed by atoms with Crippen LogP contribution in [0.4, 0.5) is 8.78 Å². The standard InChI is InChI=1S/C14H16F2N2O/c1-3-12-14(13(4-2)18-17-12)19-8-9-5-10(15)7-11(16)6-9/h5-7H,3-4,8H2,1-2H3,(H,17,18). The molecule has 0 atom stereocenters. The fraction of sp³-hybridized carbons (Fsp3) is 0.357. The molecule has 5 heteroatoms. The smallest absolute Gasteiger partial charge is 0.163 e. The summed E-state index contributed by atoms with van der Waals surface area (Å²) < 4.78 is 31.8. The number of halogens is 2. The molecular formula is C14H16F2N2O. The molecule has 0 fully saturated rings. The number of H-pyrrole nitrogens is 1. The number of aromatic nitrogens is 2. The Morgan fingerprint density at radius 1 is 1.11 bits per heavy atom. The second kappa shape index (κ2) is 5.82. The SMILES string of the molecule is CCc1n[nH]c(CC)c1OCc1cc(F)cc(F)c1. The van der Waals surface area contributed by atoms with Crippen LogP contribution in [0.15, 0.2) is 18.2 Å². The van der Waals surface area contributed by atoms with Gasteiger partial charge in [0.25, 0.3) is 0 Å². The van der Waals surface area contributed by atoms with Crippen molar-refractivity contribution in [2.45, 2.75) is 33.3 Å². The maximum Gasteiger partial charge on any atom is 0.163 e. The Bertz CT molecular complexity index is 525. The summed E-state index contributed by atoms with van der Waals surface area (Å²) in [5.41, 5.74) is 2.19. The van der Waals surface area contributed by atoms with Gasteiger partial charge in [0.15, 0.2) is 5.75 Å². The zero-order valence-corrected chi connectivity index (χ0v) is 11.0. The van der Waals surface area contributed by atoms with Gasteiger partial charge in [-0.2, -0.15) is 5.10 Å². The van der Waals surface area contributed by atoms with Crippen molar-refractivity contribution in [3.8, 4) is 5.75 Å². The summed E-state index contributed by atoms with van der Waals surface area (Å²) in [5.74, 6) is -0.510. The Labute approximate surface area is 110 Å². The van der Waals surface area contributed by atoms with Crippen LogP contribution in [0.25, 0.3) is 0 Å². The van der Waals surface area contributed by atoms with Crippen LogP contribution >= 0.6 is 0 Å². The maximum absolute atomic E-state index is 13.1. The molecular weight excluding hydrogens is 250 g/mol. The monoisotopic (exact) mass is 266 g/mol. The first kappa shape index (κ1) is 13.5. The number of nitrogens with zero attached hydrogens (tertiary/aromatic N) is 1. The van der Waals surface area contributed by atoms with Crippen LogP contribution in [0.5, 0.6) is 5.75 Å². The summed E-state index contributed by atoms with van der Waals surface area (Å²) >= 11 is 0. The van der Waals surface area contributed by atoms with E-state index in [1.807, 2.05) is 13.8 Å². The van der Waals surface area contributed by atoms with Gasteiger partial charge >= 0.3 is 0 Å². The van der Waals surface area contributed by atoms with Gasteiger partial charge in [0.1, 0.15) is 23.9 Å². The minimum Gasteiger partial charge on any atom is -0.485 e. The van der Waals surface area contributed by atoms with Crippen molar-refractivity contribution in [1.29, 1.82) is 0 Å². The number of ether oxygens (including phenoxy) is 1. The molecule has 0 spiro atoms. The highest BCUT2D eigenvalue weighted by molar-refractivity contribution is 5.33. The molecule has 0 saturated heterocycles. The van der Waals surface area contributed by atoms with Crippen molar-refractivity contribution in [3.63, 3.8) is 0 Å². The van der Waals surface area contributed by atoms with Crippen molar-refractivity contribution in [1.82, 2.24) is 10.2 Å². The summed E-state index contributed by atoms with van der Waals surface area (Å²) in [6.45, 7) is 4.08. The summed E-state index contributed by atoms with van der Waals surface area (Å²) in [5, 5.41) is 7.07. The van der Waals surface area contributed by atoms with Gasteiger partial charge < -0.3 is 4.74 Å². The second-order valence-corrected chi connectivity index (χ2v) is 4.25. The lowest BCUT2D eigenvalue weighted by Crippen LogP contribution is -2.00. The van der Waals surface area contributed by atoms with E-state index in [-0.39, 0.29) is 6.61 Å². The summed E-state index contributed by atoms with van der Waals surface area (Å²) in [6, 6.07) is 3.37. The van der Waals surface area contributed by atoms with E-state index in [0.717, 1.165) is 30.3 Å². The van der Waals surface area contributed by atoms with Crippen molar-refractivity contribution >= 4 is 0 Å². The first-order valence-corrected chi connectivity index (χ1v) is 6.27. The van der Waals surface area contributed by atoms with E-state index >= 15 is 0 Å². The molecule has 2 aromatic rings. The molecule has 0 radical (unpaired) electrons. The van der Waals surface area contributed by atoms with E-state index in [4.69, 9.17) is 4.74 Å². The van der Waals surface area contributed by atoms with Crippen LogP contribution in [0, 0.1) is 11.6 Å². The van der Waals surface area contributed by atoms with Gasteiger partial charge in [0, 0.05) is 6.07 Å². The minimum atomic E-state index is -0.600. The first-order valence-electron chi connectivity index (χ1n) is 6.27. The molecule has 1 N–H and O–H groups in total. The Morgan fingerprint density at radius 2 is 1.79 bits per heavy atom. The van der Waals surface area contributed by atoms with Crippen LogP contribution in [0.3, 0.4) is 0 Å². The fourth-order valence-electron chi connectivity index (χ4n) is 1.91. The number of rotatable bonds is 5. The van der Waals surface area contributed by atoms with Gasteiger partial charge in [-0.15, -0.1) is 0 Å². The van der Waals surface area contributed by atoms with Crippen molar-refractivity contribution in [2.75, 3.05) is 0 Å². The number of hydrogen-bond acceptors (Lipinski definition) is 2. The topological polar surface area (TPSA) is 37.9 Å². The number of benzene rings is 1. The third-order valence-corrected chi connectivity index (χ3v) is 2.86. The molecule has 1 heterocycles. The zero-order chi connectivity index (χ0) is 13.8. The highest BCUT2D eigenvalue weighted by Crippen LogP contribution is 2.23. The molecule has 0 aliphatic rings. The molecule has 102 valence electrons. The molecule has 0 aliphatic carbocycles. The van der Waals surface area contributed by atoms with Gasteiger partial charge in [-0.1, -0.05) is 13.8 Å². The average molecular weight is 266 g/mol. The van der Waals surface area contributed by atoms with Gasteiger partial charge in [0.05, 0.1) is 5.69 Å². The van der Waals surface area contributed by atoms with E-state index in [2.05, 4.69) is 10.2 Å². The Kier molecular flexibility index (Phi) is 4.14. The fourth-order valence-corrected chi connectivity index (χ4v) is 1.91. The normalized spacial score (nSPS) is 10.7. The van der Waals surface area contributed by atoms with Crippen molar-refractivity contribution in [2.24, 2.45) is 0 Å². The quantitative estimate of drug-likeness (QED) is 0.900. The summed E-state index contributed by atoms with van der Waals surface area (Å²) in [4.78, 5) is 0. The van der Waals surface area contributed by atoms with Crippen LogP contribution in [0.1, 0.15) is 30.8 Å². The lowest BCUT2D eigenvalue weighted by molar-refractivity contribution is 0.299. The van der Waals surface area contributed by atoms with E-state index < -0.39 is 11.6 Å². The third kappa shape index (κ3) is 3.10. The van der Waals surface area contributed by atoms with E-state index in [9.17, 15) is 8.78 Å². The molecule has 0 saturated carbocycles. The Morgan fingerprint density at radius 3 is 2.37 bits per heavy atom. The highest BCUT2D eigenvalue weighted by Gasteiger charge is 2.12. The molecule has 1 aromatic carbocycles. The van der Waals surface area contributed by atoms with Crippen LogP contribution < -0.4 is 4.74 Å². The van der Waals surface area contributed by atoms with Gasteiger partial charge in [0.2, 0.25) is 0 Å². The number of aryl methyl sites for hydroxylation is 2. The van der Waals surface area contributed by atoms with E-state index in [1.54, 1.807) is 0 Å². The number of nitrogens with one attached hydrogen (secondary N) is 1. The summed E-state index contributed by atoms with van der Waals surface area (Å²) in [6.07, 6.45) is 1.50. The molecule has 19 heavy (non-hydrogen) atoms. The first-order chi connectivity index (χ1) is 9.13. The molecule has 0 amide bonds. The third-order valence-electron chi connectivity index (χ3n) is 2.86. The second-order valence-electron chi connectivity index (χ2n) is 4.25. The van der Waals surface area contributed by atoms with E-state index in [1.165, 1.54) is 12.1 Å². The Balaban J connectivity index is 2.15. The predicted octanol–water partition coefficient (Wildman–Crippen LogP) is 3.39. The molecule has 0 aliphatic heterocycles. The van der Waals surface area contributed by atoms with Crippen LogP contribution in [0.2, 0.25) is 0 Å². The molecule has 0 bridgehead atoms.